The van der Waals surface area contributed by atoms with Gasteiger partial charge in [0.2, 0.25) is 0 Å². The predicted octanol–water partition coefficient (Wildman–Crippen LogP) is 3.04. The molecule has 1 radical (unpaired) electrons. The van der Waals surface area contributed by atoms with Gasteiger partial charge in [-0.25, -0.2) is 0 Å². The average molecular weight is 283 g/mol. The second kappa shape index (κ2) is 11.5. The van der Waals surface area contributed by atoms with Gasteiger partial charge >= 0.3 is 43.1 Å². The zero-order valence-electron chi connectivity index (χ0n) is 4.83. The number of halogens is 3. The molecule has 0 unspecified atom stereocenters. The molecule has 0 aliphatic heterocycles. The molecule has 0 nitrogen and oxygen atoms in total. The van der Waals surface area contributed by atoms with Crippen LogP contribution >= 0.6 is 26.8 Å². The van der Waals surface area contributed by atoms with Crippen LogP contribution < -0.4 is 0 Å². The molecule has 0 N–H and O–H groups in total. The van der Waals surface area contributed by atoms with E-state index in [0.29, 0.717) is 0 Å². The van der Waals surface area contributed by atoms with Gasteiger partial charge in [-0.1, -0.05) is 26.7 Å². The third-order valence-corrected chi connectivity index (χ3v) is 0.354. The van der Waals surface area contributed by atoms with Crippen molar-refractivity contribution < 1.29 is 0 Å². The fraction of sp³-hybridized carbons (Fsp3) is 0.750. The van der Waals surface area contributed by atoms with Gasteiger partial charge in [0.15, 0.2) is 0 Å². The first-order valence-corrected chi connectivity index (χ1v) is 14.9. The summed E-state index contributed by atoms with van der Waals surface area (Å²) < 4.78 is 0. The van der Waals surface area contributed by atoms with E-state index in [1.54, 1.807) is 0 Å². The molecule has 0 atom stereocenters. The number of unbranched alkanes of at least 4 members (excludes halogenated alkanes) is 1. The third kappa shape index (κ3) is 47.9. The normalized spacial score (nSPS) is 8.25. The summed E-state index contributed by atoms with van der Waals surface area (Å²) in [5.74, 6) is 0. The predicted molar refractivity (Wildman–Crippen MR) is 45.0 cm³/mol. The molecule has 0 rings (SSSR count). The molecular weight excluding hydrogens is 273 g/mol. The van der Waals surface area contributed by atoms with Crippen molar-refractivity contribution in [1.82, 2.24) is 0 Å². The van der Waals surface area contributed by atoms with E-state index in [0.717, 1.165) is 6.42 Å². The Morgan fingerprint density at radius 1 is 1.38 bits per heavy atom. The van der Waals surface area contributed by atoms with Crippen LogP contribution in [0.3, 0.4) is 0 Å². The van der Waals surface area contributed by atoms with Crippen LogP contribution in [0.25, 0.3) is 0 Å². The fourth-order valence-corrected chi connectivity index (χ4v) is 0. The van der Waals surface area contributed by atoms with Crippen molar-refractivity contribution >= 4 is 43.1 Å². The van der Waals surface area contributed by atoms with Crippen LogP contribution in [0.1, 0.15) is 19.8 Å². The van der Waals surface area contributed by atoms with Crippen molar-refractivity contribution in [3.05, 3.63) is 6.92 Å². The first-order chi connectivity index (χ1) is 3.65. The van der Waals surface area contributed by atoms with Crippen molar-refractivity contribution in [1.29, 1.82) is 0 Å². The zero-order valence-corrected chi connectivity index (χ0v) is 10.4. The maximum atomic E-state index is 5.02. The molecule has 0 bridgehead atoms. The van der Waals surface area contributed by atoms with Gasteiger partial charge in [-0.05, 0) is 0 Å². The Hall–Kier alpha value is 1.67. The average Bonchev–Trinajstić information content (AvgIpc) is 1.65. The second-order valence-electron chi connectivity index (χ2n) is 1.10. The van der Waals surface area contributed by atoms with Crippen LogP contribution in [-0.4, -0.2) is 16.4 Å². The van der Waals surface area contributed by atoms with Gasteiger partial charge in [-0.2, -0.15) is 0 Å². The molecule has 0 aromatic rings. The van der Waals surface area contributed by atoms with E-state index in [2.05, 4.69) is 13.8 Å². The molecule has 0 aliphatic carbocycles. The van der Waals surface area contributed by atoms with Gasteiger partial charge in [-0.3, -0.25) is 0 Å². The molecular formula is C4H10Cl3Sn. The van der Waals surface area contributed by atoms with E-state index in [1.807, 2.05) is 0 Å². The first kappa shape index (κ1) is 12.4. The molecule has 0 saturated heterocycles. The Bertz CT molecular complexity index is 27.7. The molecule has 4 heteroatoms. The topological polar surface area (TPSA) is 0 Å². The van der Waals surface area contributed by atoms with Crippen LogP contribution in [0, 0.1) is 6.92 Å². The summed E-state index contributed by atoms with van der Waals surface area (Å²) in [6, 6.07) is 0. The quantitative estimate of drug-likeness (QED) is 0.649. The summed E-state index contributed by atoms with van der Waals surface area (Å²) in [6.45, 7) is 5.72. The second-order valence-corrected chi connectivity index (χ2v) is 15.8. The molecule has 8 heavy (non-hydrogen) atoms. The minimum atomic E-state index is -2.22. The Balaban J connectivity index is 0. The fourth-order valence-electron chi connectivity index (χ4n) is 0. The van der Waals surface area contributed by atoms with Crippen molar-refractivity contribution in [3.63, 3.8) is 0 Å². The first-order valence-electron chi connectivity index (χ1n) is 2.36. The zero-order chi connectivity index (χ0) is 6.99. The van der Waals surface area contributed by atoms with Gasteiger partial charge in [0.1, 0.15) is 0 Å². The summed E-state index contributed by atoms with van der Waals surface area (Å²) >= 11 is -2.22. The van der Waals surface area contributed by atoms with Crippen molar-refractivity contribution in [2.24, 2.45) is 0 Å². The van der Waals surface area contributed by atoms with E-state index in [-0.39, 0.29) is 0 Å². The molecule has 0 aliphatic rings. The summed E-state index contributed by atoms with van der Waals surface area (Å²) in [6.07, 6.45) is 2.28. The van der Waals surface area contributed by atoms with Crippen LogP contribution in [0.5, 0.6) is 0 Å². The van der Waals surface area contributed by atoms with Crippen LogP contribution in [0.4, 0.5) is 0 Å². The van der Waals surface area contributed by atoms with Crippen LogP contribution in [0.15, 0.2) is 0 Å². The van der Waals surface area contributed by atoms with Crippen molar-refractivity contribution in [3.8, 4) is 0 Å². The minimum absolute atomic E-state index is 1.07. The monoisotopic (exact) mass is 283 g/mol. The van der Waals surface area contributed by atoms with Gasteiger partial charge in [-0.15, -0.1) is 0 Å². The third-order valence-electron chi connectivity index (χ3n) is 0.354. The van der Waals surface area contributed by atoms with Gasteiger partial charge in [0, 0.05) is 0 Å². The number of rotatable bonds is 1. The molecule has 0 amide bonds. The summed E-state index contributed by atoms with van der Waals surface area (Å²) in [7, 11) is 15.0. The van der Waals surface area contributed by atoms with Crippen molar-refractivity contribution in [2.75, 3.05) is 0 Å². The van der Waals surface area contributed by atoms with Crippen LogP contribution in [-0.2, 0) is 0 Å². The Morgan fingerprint density at radius 2 is 1.50 bits per heavy atom. The van der Waals surface area contributed by atoms with E-state index in [9.17, 15) is 0 Å². The molecule has 0 fully saturated rings. The van der Waals surface area contributed by atoms with Gasteiger partial charge in [0.05, 0.1) is 0 Å². The molecule has 0 aromatic carbocycles. The summed E-state index contributed by atoms with van der Waals surface area (Å²) in [5.41, 5.74) is 0. The van der Waals surface area contributed by atoms with E-state index in [1.165, 1.54) is 6.42 Å². The summed E-state index contributed by atoms with van der Waals surface area (Å²) in [4.78, 5) is 0. The number of hydrogen-bond acceptors (Lipinski definition) is 0. The van der Waals surface area contributed by atoms with Gasteiger partial charge in [0.25, 0.3) is 0 Å². The van der Waals surface area contributed by atoms with Gasteiger partial charge < -0.3 is 0 Å². The van der Waals surface area contributed by atoms with E-state index >= 15 is 0 Å². The SMILES string of the molecule is [CH2]CCC.[Cl][SnH]([Cl])[Cl]. The molecule has 0 aromatic heterocycles. The van der Waals surface area contributed by atoms with Crippen molar-refractivity contribution in [2.45, 2.75) is 19.8 Å². The standard InChI is InChI=1S/C4H9.3ClH.Sn.H/c1-3-4-2;;;;;/h1,3-4H2,2H3;3*1H;;/q;;;;+3;/p-3. The molecule has 0 heterocycles. The van der Waals surface area contributed by atoms with E-state index < -0.39 is 16.4 Å². The molecule has 0 spiro atoms. The Morgan fingerprint density at radius 3 is 1.50 bits per heavy atom. The maximum absolute atomic E-state index is 5.02. The summed E-state index contributed by atoms with van der Waals surface area (Å²) in [5, 5.41) is 0. The molecule has 51 valence electrons. The molecule has 0 saturated carbocycles. The van der Waals surface area contributed by atoms with Crippen LogP contribution in [0.2, 0.25) is 0 Å². The van der Waals surface area contributed by atoms with E-state index in [4.69, 9.17) is 26.8 Å². The number of hydrogen-bond donors (Lipinski definition) is 0. The Labute approximate surface area is 69.4 Å². The Kier molecular flexibility index (Phi) is 17.7.